The van der Waals surface area contributed by atoms with E-state index in [-0.39, 0.29) is 24.0 Å². The number of thiocarbonyl (C=S) groups is 1. The lowest BCUT2D eigenvalue weighted by atomic mass is 10.0. The van der Waals surface area contributed by atoms with Gasteiger partial charge in [0.1, 0.15) is 5.75 Å². The van der Waals surface area contributed by atoms with Gasteiger partial charge >= 0.3 is 0 Å². The number of ether oxygens (including phenoxy) is 1. The number of hydrogen-bond donors (Lipinski definition) is 2. The molecule has 0 fully saturated rings. The van der Waals surface area contributed by atoms with E-state index in [4.69, 9.17) is 10.5 Å². The van der Waals surface area contributed by atoms with Gasteiger partial charge in [0.15, 0.2) is 6.61 Å². The largest absolute Gasteiger partial charge is 0.484 e. The highest BCUT2D eigenvalue weighted by Crippen LogP contribution is 2.18. The standard InChI is InChI=1S/C13H18N2O2S/c1-9(2)10-3-5-11(6-4-10)17-8-13(16)15-7-12(14)18/h3-6,9H,7-8H2,1-2H3,(H2,14,18)(H,15,16). The summed E-state index contributed by atoms with van der Waals surface area (Å²) in [4.78, 5) is 11.6. The Labute approximate surface area is 113 Å². The van der Waals surface area contributed by atoms with Gasteiger partial charge in [-0.1, -0.05) is 38.2 Å². The third-order valence-electron chi connectivity index (χ3n) is 2.38. The van der Waals surface area contributed by atoms with Crippen LogP contribution in [0.5, 0.6) is 5.75 Å². The molecular weight excluding hydrogens is 248 g/mol. The van der Waals surface area contributed by atoms with Crippen molar-refractivity contribution in [1.29, 1.82) is 0 Å². The molecule has 0 heterocycles. The summed E-state index contributed by atoms with van der Waals surface area (Å²) >= 11 is 4.65. The minimum absolute atomic E-state index is 0.0381. The molecule has 0 radical (unpaired) electrons. The van der Waals surface area contributed by atoms with Crippen molar-refractivity contribution in [2.24, 2.45) is 5.73 Å². The zero-order valence-electron chi connectivity index (χ0n) is 10.6. The first-order valence-electron chi connectivity index (χ1n) is 5.77. The second-order valence-corrected chi connectivity index (χ2v) is 4.78. The van der Waals surface area contributed by atoms with Crippen LogP contribution < -0.4 is 15.8 Å². The third-order valence-corrected chi connectivity index (χ3v) is 2.52. The van der Waals surface area contributed by atoms with Crippen molar-refractivity contribution in [3.05, 3.63) is 29.8 Å². The smallest absolute Gasteiger partial charge is 0.258 e. The van der Waals surface area contributed by atoms with Gasteiger partial charge in [-0.15, -0.1) is 0 Å². The van der Waals surface area contributed by atoms with Gasteiger partial charge in [-0.05, 0) is 23.6 Å². The van der Waals surface area contributed by atoms with E-state index in [1.54, 1.807) is 0 Å². The summed E-state index contributed by atoms with van der Waals surface area (Å²) in [6.45, 7) is 4.41. The van der Waals surface area contributed by atoms with Gasteiger partial charge in [-0.2, -0.15) is 0 Å². The summed E-state index contributed by atoms with van der Waals surface area (Å²) in [5, 5.41) is 2.55. The van der Waals surface area contributed by atoms with E-state index >= 15 is 0 Å². The van der Waals surface area contributed by atoms with Crippen molar-refractivity contribution in [2.75, 3.05) is 13.2 Å². The van der Waals surface area contributed by atoms with Gasteiger partial charge in [0.25, 0.3) is 5.91 Å². The Morgan fingerprint density at radius 2 is 2.00 bits per heavy atom. The molecule has 1 aromatic carbocycles. The molecule has 0 atom stereocenters. The fourth-order valence-corrected chi connectivity index (χ4v) is 1.41. The van der Waals surface area contributed by atoms with E-state index in [0.29, 0.717) is 11.7 Å². The zero-order chi connectivity index (χ0) is 13.5. The molecule has 4 nitrogen and oxygen atoms in total. The fraction of sp³-hybridized carbons (Fsp3) is 0.385. The van der Waals surface area contributed by atoms with Crippen LogP contribution in [0.3, 0.4) is 0 Å². The summed E-state index contributed by atoms with van der Waals surface area (Å²) < 4.78 is 5.34. The predicted octanol–water partition coefficient (Wildman–Crippen LogP) is 1.59. The lowest BCUT2D eigenvalue weighted by molar-refractivity contribution is -0.122. The Bertz CT molecular complexity index is 416. The molecule has 18 heavy (non-hydrogen) atoms. The molecule has 3 N–H and O–H groups in total. The molecular formula is C13H18N2O2S. The molecule has 1 rings (SSSR count). The topological polar surface area (TPSA) is 64.3 Å². The highest BCUT2D eigenvalue weighted by atomic mass is 32.1. The molecule has 0 saturated heterocycles. The Morgan fingerprint density at radius 1 is 1.39 bits per heavy atom. The number of nitrogens with two attached hydrogens (primary N) is 1. The second kappa shape index (κ2) is 6.96. The molecule has 0 aliphatic carbocycles. The Hall–Kier alpha value is -1.62. The number of amides is 1. The first-order chi connectivity index (χ1) is 8.49. The van der Waals surface area contributed by atoms with E-state index in [1.807, 2.05) is 24.3 Å². The van der Waals surface area contributed by atoms with Gasteiger partial charge in [-0.3, -0.25) is 4.79 Å². The first kappa shape index (κ1) is 14.4. The van der Waals surface area contributed by atoms with Crippen LogP contribution in [0.15, 0.2) is 24.3 Å². The van der Waals surface area contributed by atoms with Crippen molar-refractivity contribution >= 4 is 23.1 Å². The lowest BCUT2D eigenvalue weighted by Gasteiger charge is -2.09. The number of nitrogens with one attached hydrogen (secondary N) is 1. The summed E-state index contributed by atoms with van der Waals surface area (Å²) in [6.07, 6.45) is 0. The summed E-state index contributed by atoms with van der Waals surface area (Å²) in [6, 6.07) is 7.70. The molecule has 0 spiro atoms. The van der Waals surface area contributed by atoms with Crippen molar-refractivity contribution < 1.29 is 9.53 Å². The zero-order valence-corrected chi connectivity index (χ0v) is 11.4. The van der Waals surface area contributed by atoms with Crippen molar-refractivity contribution in [2.45, 2.75) is 19.8 Å². The minimum atomic E-state index is -0.240. The average molecular weight is 266 g/mol. The normalized spacial score (nSPS) is 10.2. The van der Waals surface area contributed by atoms with Gasteiger partial charge in [0, 0.05) is 0 Å². The summed E-state index contributed by atoms with van der Waals surface area (Å²) in [5.74, 6) is 0.911. The Balaban J connectivity index is 2.39. The van der Waals surface area contributed by atoms with E-state index in [2.05, 4.69) is 31.4 Å². The molecule has 0 bridgehead atoms. The third kappa shape index (κ3) is 5.14. The van der Waals surface area contributed by atoms with Crippen LogP contribution in [0.4, 0.5) is 0 Å². The van der Waals surface area contributed by atoms with Crippen LogP contribution in [0.2, 0.25) is 0 Å². The highest BCUT2D eigenvalue weighted by molar-refractivity contribution is 7.80. The van der Waals surface area contributed by atoms with E-state index in [0.717, 1.165) is 0 Å². The van der Waals surface area contributed by atoms with Crippen LogP contribution in [-0.4, -0.2) is 24.0 Å². The molecule has 98 valence electrons. The molecule has 5 heteroatoms. The summed E-state index contributed by atoms with van der Waals surface area (Å²) in [5.41, 5.74) is 6.51. The van der Waals surface area contributed by atoms with Crippen LogP contribution in [-0.2, 0) is 4.79 Å². The van der Waals surface area contributed by atoms with Crippen LogP contribution in [0.25, 0.3) is 0 Å². The molecule has 1 amide bonds. The maximum absolute atomic E-state index is 11.3. The van der Waals surface area contributed by atoms with Crippen molar-refractivity contribution in [1.82, 2.24) is 5.32 Å². The quantitative estimate of drug-likeness (QED) is 0.768. The lowest BCUT2D eigenvalue weighted by Crippen LogP contribution is -2.35. The number of carbonyl (C=O) groups excluding carboxylic acids is 1. The first-order valence-corrected chi connectivity index (χ1v) is 6.17. The second-order valence-electron chi connectivity index (χ2n) is 4.26. The monoisotopic (exact) mass is 266 g/mol. The highest BCUT2D eigenvalue weighted by Gasteiger charge is 2.03. The van der Waals surface area contributed by atoms with Gasteiger partial charge in [-0.25, -0.2) is 0 Å². The van der Waals surface area contributed by atoms with Crippen molar-refractivity contribution in [3.63, 3.8) is 0 Å². The SMILES string of the molecule is CC(C)c1ccc(OCC(=O)NCC(N)=S)cc1. The van der Waals surface area contributed by atoms with Crippen LogP contribution >= 0.6 is 12.2 Å². The number of carbonyl (C=O) groups is 1. The van der Waals surface area contributed by atoms with E-state index < -0.39 is 0 Å². The van der Waals surface area contributed by atoms with Gasteiger partial charge < -0.3 is 15.8 Å². The maximum Gasteiger partial charge on any atom is 0.258 e. The van der Waals surface area contributed by atoms with Crippen molar-refractivity contribution in [3.8, 4) is 5.75 Å². The average Bonchev–Trinajstić information content (AvgIpc) is 2.34. The molecule has 0 aromatic heterocycles. The fourth-order valence-electron chi connectivity index (χ4n) is 1.33. The van der Waals surface area contributed by atoms with E-state index in [1.165, 1.54) is 5.56 Å². The molecule has 0 unspecified atom stereocenters. The predicted molar refractivity (Wildman–Crippen MR) is 75.8 cm³/mol. The van der Waals surface area contributed by atoms with Crippen LogP contribution in [0.1, 0.15) is 25.3 Å². The van der Waals surface area contributed by atoms with Gasteiger partial charge in [0.2, 0.25) is 0 Å². The molecule has 1 aromatic rings. The molecule has 0 aliphatic rings. The minimum Gasteiger partial charge on any atom is -0.484 e. The number of rotatable bonds is 6. The summed E-state index contributed by atoms with van der Waals surface area (Å²) in [7, 11) is 0. The molecule has 0 aliphatic heterocycles. The molecule has 0 saturated carbocycles. The number of benzene rings is 1. The van der Waals surface area contributed by atoms with Crippen LogP contribution in [0, 0.1) is 0 Å². The Kier molecular flexibility index (Phi) is 5.58. The van der Waals surface area contributed by atoms with E-state index in [9.17, 15) is 4.79 Å². The Morgan fingerprint density at radius 3 is 2.50 bits per heavy atom. The maximum atomic E-state index is 11.3. The van der Waals surface area contributed by atoms with Gasteiger partial charge in [0.05, 0.1) is 11.5 Å². The number of hydrogen-bond acceptors (Lipinski definition) is 3.